The minimum absolute atomic E-state index is 0.441. The van der Waals surface area contributed by atoms with Crippen molar-refractivity contribution in [1.82, 2.24) is 5.32 Å². The van der Waals surface area contributed by atoms with Gasteiger partial charge in [0, 0.05) is 6.21 Å². The fourth-order valence-electron chi connectivity index (χ4n) is 2.61. The number of ether oxygens (including phenoxy) is 2. The average Bonchev–Trinajstić information content (AvgIpc) is 2.60. The van der Waals surface area contributed by atoms with Gasteiger partial charge in [-0.2, -0.15) is 0 Å². The van der Waals surface area contributed by atoms with Crippen LogP contribution in [0, 0.1) is 10.8 Å². The number of nitrogens with one attached hydrogen (secondary N) is 2. The molecule has 1 amide bonds. The van der Waals surface area contributed by atoms with Crippen LogP contribution in [-0.2, 0) is 9.47 Å². The molecule has 0 aliphatic heterocycles. The molecule has 8 heteroatoms. The second kappa shape index (κ2) is 6.51. The van der Waals surface area contributed by atoms with Gasteiger partial charge in [-0.05, 0) is 34.1 Å². The Kier molecular flexibility index (Phi) is 5.51. The van der Waals surface area contributed by atoms with Crippen LogP contribution in [0.3, 0.4) is 0 Å². The van der Waals surface area contributed by atoms with E-state index in [9.17, 15) is 18.0 Å². The maximum Gasteiger partial charge on any atom is 0.522 e. The number of amides is 1. The number of hydrogen-bond acceptors (Lipinski definition) is 4. The van der Waals surface area contributed by atoms with Crippen LogP contribution in [0.25, 0.3) is 0 Å². The molecule has 0 saturated heterocycles. The van der Waals surface area contributed by atoms with Crippen LogP contribution in [0.5, 0.6) is 0 Å². The highest BCUT2D eigenvalue weighted by atomic mass is 19.4. The van der Waals surface area contributed by atoms with E-state index in [4.69, 9.17) is 10.1 Å². The molecule has 1 aliphatic carbocycles. The summed E-state index contributed by atoms with van der Waals surface area (Å²) in [5, 5.41) is 9.92. The van der Waals surface area contributed by atoms with Crippen molar-refractivity contribution in [3.63, 3.8) is 0 Å². The van der Waals surface area contributed by atoms with E-state index < -0.39 is 35.6 Å². The first kappa shape index (κ1) is 19.5. The Bertz CT molecular complexity index is 497. The van der Waals surface area contributed by atoms with Crippen molar-refractivity contribution >= 4 is 12.3 Å². The van der Waals surface area contributed by atoms with Gasteiger partial charge in [-0.3, -0.25) is 4.74 Å². The molecule has 0 bridgehead atoms. The highest BCUT2D eigenvalue weighted by molar-refractivity contribution is 5.73. The summed E-state index contributed by atoms with van der Waals surface area (Å²) in [4.78, 5) is 11.9. The molecule has 0 radical (unpaired) electrons. The lowest BCUT2D eigenvalue weighted by molar-refractivity contribution is -0.349. The summed E-state index contributed by atoms with van der Waals surface area (Å²) in [6, 6.07) is -1.03. The normalized spacial score (nSPS) is 28.3. The summed E-state index contributed by atoms with van der Waals surface area (Å²) in [5.41, 5.74) is -1.42. The maximum absolute atomic E-state index is 12.7. The van der Waals surface area contributed by atoms with Gasteiger partial charge in [0.1, 0.15) is 11.7 Å². The molecule has 0 saturated carbocycles. The first-order valence-electron chi connectivity index (χ1n) is 7.29. The van der Waals surface area contributed by atoms with Crippen molar-refractivity contribution in [3.05, 3.63) is 11.6 Å². The Hall–Kier alpha value is -1.57. The predicted octanol–water partition coefficient (Wildman–Crippen LogP) is 3.79. The monoisotopic (exact) mass is 336 g/mol. The number of halogens is 3. The van der Waals surface area contributed by atoms with Crippen LogP contribution >= 0.6 is 0 Å². The van der Waals surface area contributed by atoms with E-state index in [0.717, 1.165) is 6.21 Å². The van der Waals surface area contributed by atoms with Crippen molar-refractivity contribution in [2.24, 2.45) is 5.41 Å². The Labute approximate surface area is 133 Å². The summed E-state index contributed by atoms with van der Waals surface area (Å²) in [7, 11) is 0. The zero-order valence-corrected chi connectivity index (χ0v) is 13.9. The molecule has 3 atom stereocenters. The summed E-state index contributed by atoms with van der Waals surface area (Å²) < 4.78 is 47.5. The van der Waals surface area contributed by atoms with E-state index in [1.807, 2.05) is 0 Å². The first-order chi connectivity index (χ1) is 10.3. The third kappa shape index (κ3) is 4.95. The Morgan fingerprint density at radius 1 is 1.43 bits per heavy atom. The van der Waals surface area contributed by atoms with E-state index >= 15 is 0 Å². The fourth-order valence-corrected chi connectivity index (χ4v) is 2.61. The molecule has 5 nitrogen and oxygen atoms in total. The van der Waals surface area contributed by atoms with E-state index in [1.165, 1.54) is 13.0 Å². The smallest absolute Gasteiger partial charge is 0.444 e. The van der Waals surface area contributed by atoms with Crippen LogP contribution in [0.15, 0.2) is 11.6 Å². The van der Waals surface area contributed by atoms with Gasteiger partial charge in [-0.1, -0.05) is 18.6 Å². The number of alkyl carbamates (subject to hydrolysis) is 1. The lowest BCUT2D eigenvalue weighted by atomic mass is 9.80. The van der Waals surface area contributed by atoms with Crippen LogP contribution in [0.1, 0.15) is 41.0 Å². The third-order valence-electron chi connectivity index (χ3n) is 3.61. The van der Waals surface area contributed by atoms with Crippen LogP contribution in [0.4, 0.5) is 18.0 Å². The lowest BCUT2D eigenvalue weighted by Gasteiger charge is -2.34. The molecule has 132 valence electrons. The summed E-state index contributed by atoms with van der Waals surface area (Å²) in [6.45, 7) is 8.22. The second-order valence-electron chi connectivity index (χ2n) is 6.63. The Balaban J connectivity index is 3.04. The molecule has 0 aromatic rings. The van der Waals surface area contributed by atoms with Crippen LogP contribution in [0.2, 0.25) is 0 Å². The SMILES string of the molecule is CCC1=CC(NC(=O)OC(C)(C)C)[C@@H](OC(F)(F)F)[C@]1(C)C=N. The van der Waals surface area contributed by atoms with E-state index in [-0.39, 0.29) is 0 Å². The molecule has 23 heavy (non-hydrogen) atoms. The second-order valence-corrected chi connectivity index (χ2v) is 6.63. The minimum atomic E-state index is -4.88. The van der Waals surface area contributed by atoms with Gasteiger partial charge >= 0.3 is 12.5 Å². The number of carbonyl (C=O) groups is 1. The maximum atomic E-state index is 12.7. The van der Waals surface area contributed by atoms with Gasteiger partial charge in [-0.25, -0.2) is 4.79 Å². The molecular weight excluding hydrogens is 313 g/mol. The molecule has 0 fully saturated rings. The van der Waals surface area contributed by atoms with Crippen LogP contribution < -0.4 is 5.32 Å². The number of hydrogen-bond donors (Lipinski definition) is 2. The number of rotatable bonds is 4. The molecule has 1 rings (SSSR count). The van der Waals surface area contributed by atoms with Crippen molar-refractivity contribution in [1.29, 1.82) is 5.41 Å². The lowest BCUT2D eigenvalue weighted by Crippen LogP contribution is -2.50. The summed E-state index contributed by atoms with van der Waals surface area (Å²) in [6.07, 6.45) is -4.29. The highest BCUT2D eigenvalue weighted by Gasteiger charge is 2.51. The van der Waals surface area contributed by atoms with Gasteiger partial charge in [0.2, 0.25) is 0 Å². The molecular formula is C15H23F3N2O3. The number of carbonyl (C=O) groups excluding carboxylic acids is 1. The molecule has 1 unspecified atom stereocenters. The fraction of sp³-hybridized carbons (Fsp3) is 0.733. The first-order valence-corrected chi connectivity index (χ1v) is 7.29. The molecule has 0 aromatic carbocycles. The molecule has 1 aliphatic rings. The van der Waals surface area contributed by atoms with Gasteiger partial charge in [-0.15, -0.1) is 13.2 Å². The van der Waals surface area contributed by atoms with Crippen molar-refractivity contribution in [2.45, 2.75) is 65.1 Å². The summed E-state index contributed by atoms with van der Waals surface area (Å²) >= 11 is 0. The molecule has 0 aromatic heterocycles. The van der Waals surface area contributed by atoms with Crippen molar-refractivity contribution < 1.29 is 27.4 Å². The van der Waals surface area contributed by atoms with Gasteiger partial charge in [0.15, 0.2) is 0 Å². The van der Waals surface area contributed by atoms with E-state index in [2.05, 4.69) is 10.1 Å². The van der Waals surface area contributed by atoms with Crippen molar-refractivity contribution in [2.75, 3.05) is 0 Å². The standard InChI is InChI=1S/C15H23F3N2O3/c1-6-9-7-10(20-12(21)23-13(2,3)4)11(14(9,5)8-19)22-15(16,17)18/h7-8,10-11,19H,6H2,1-5H3,(H,20,21)/t10?,11-,14-/m1/s1. The Morgan fingerprint density at radius 2 is 2.00 bits per heavy atom. The topological polar surface area (TPSA) is 71.4 Å². The molecule has 0 heterocycles. The van der Waals surface area contributed by atoms with Gasteiger partial charge in [0.25, 0.3) is 0 Å². The van der Waals surface area contributed by atoms with Crippen LogP contribution in [-0.4, -0.2) is 36.4 Å². The quantitative estimate of drug-likeness (QED) is 0.606. The third-order valence-corrected chi connectivity index (χ3v) is 3.61. The average molecular weight is 336 g/mol. The predicted molar refractivity (Wildman–Crippen MR) is 79.4 cm³/mol. The summed E-state index contributed by atoms with van der Waals surface area (Å²) in [5.74, 6) is 0. The number of alkyl halides is 3. The zero-order valence-electron chi connectivity index (χ0n) is 13.9. The Morgan fingerprint density at radius 3 is 2.39 bits per heavy atom. The minimum Gasteiger partial charge on any atom is -0.444 e. The molecule has 2 N–H and O–H groups in total. The largest absolute Gasteiger partial charge is 0.522 e. The highest BCUT2D eigenvalue weighted by Crippen LogP contribution is 2.43. The van der Waals surface area contributed by atoms with E-state index in [0.29, 0.717) is 12.0 Å². The van der Waals surface area contributed by atoms with Gasteiger partial charge in [0.05, 0.1) is 11.5 Å². The van der Waals surface area contributed by atoms with Gasteiger partial charge < -0.3 is 15.5 Å². The zero-order chi connectivity index (χ0) is 18.1. The van der Waals surface area contributed by atoms with E-state index in [1.54, 1.807) is 27.7 Å². The molecule has 0 spiro atoms. The van der Waals surface area contributed by atoms with Crippen molar-refractivity contribution in [3.8, 4) is 0 Å².